The molecule has 1 atom stereocenters. The quantitative estimate of drug-likeness (QED) is 0.724. The van der Waals surface area contributed by atoms with Gasteiger partial charge in [-0.1, -0.05) is 54.6 Å². The molecule has 0 aliphatic rings. The Bertz CT molecular complexity index is 643. The Balaban J connectivity index is 1.75. The van der Waals surface area contributed by atoms with E-state index in [1.807, 2.05) is 56.3 Å². The third-order valence-electron chi connectivity index (χ3n) is 4.11. The molecule has 0 heterocycles. The van der Waals surface area contributed by atoms with E-state index in [0.717, 1.165) is 24.0 Å². The van der Waals surface area contributed by atoms with Gasteiger partial charge in [0.25, 0.3) is 0 Å². The molecule has 0 bridgehead atoms. The van der Waals surface area contributed by atoms with E-state index in [0.29, 0.717) is 19.8 Å². The standard InChI is InChI=1S/C21H28N2O2/c1-3-25-16-20-12-8-7-11-19(20)15-22-21(24)23-17(2)13-14-18-9-5-4-6-10-18/h4-12,17H,3,13-16H2,1-2H3,(H2,22,23,24). The maximum Gasteiger partial charge on any atom is 0.315 e. The van der Waals surface area contributed by atoms with Gasteiger partial charge in [-0.05, 0) is 43.4 Å². The number of ether oxygens (including phenoxy) is 1. The molecule has 1 unspecified atom stereocenters. The van der Waals surface area contributed by atoms with Crippen LogP contribution in [0.4, 0.5) is 4.79 Å². The van der Waals surface area contributed by atoms with Gasteiger partial charge in [0.1, 0.15) is 0 Å². The molecule has 2 N–H and O–H groups in total. The van der Waals surface area contributed by atoms with Crippen molar-refractivity contribution in [3.8, 4) is 0 Å². The van der Waals surface area contributed by atoms with E-state index in [2.05, 4.69) is 22.8 Å². The van der Waals surface area contributed by atoms with Crippen LogP contribution in [0.1, 0.15) is 37.0 Å². The fraction of sp³-hybridized carbons (Fsp3) is 0.381. The van der Waals surface area contributed by atoms with Crippen molar-refractivity contribution in [2.45, 2.75) is 45.9 Å². The summed E-state index contributed by atoms with van der Waals surface area (Å²) in [5, 5.41) is 5.94. The summed E-state index contributed by atoms with van der Waals surface area (Å²) in [6.45, 7) is 5.77. The van der Waals surface area contributed by atoms with Crippen molar-refractivity contribution in [1.29, 1.82) is 0 Å². The van der Waals surface area contributed by atoms with Crippen molar-refractivity contribution in [3.63, 3.8) is 0 Å². The van der Waals surface area contributed by atoms with Gasteiger partial charge in [-0.3, -0.25) is 0 Å². The Morgan fingerprint density at radius 1 is 1.04 bits per heavy atom. The van der Waals surface area contributed by atoms with E-state index in [4.69, 9.17) is 4.74 Å². The van der Waals surface area contributed by atoms with Gasteiger partial charge in [0.2, 0.25) is 0 Å². The molecule has 0 saturated heterocycles. The van der Waals surface area contributed by atoms with E-state index >= 15 is 0 Å². The summed E-state index contributed by atoms with van der Waals surface area (Å²) in [4.78, 5) is 12.1. The number of hydrogen-bond donors (Lipinski definition) is 2. The minimum atomic E-state index is -0.133. The molecular formula is C21H28N2O2. The summed E-state index contributed by atoms with van der Waals surface area (Å²) in [7, 11) is 0. The number of carbonyl (C=O) groups excluding carboxylic acids is 1. The maximum atomic E-state index is 12.1. The summed E-state index contributed by atoms with van der Waals surface area (Å²) in [6, 6.07) is 18.3. The monoisotopic (exact) mass is 340 g/mol. The molecule has 134 valence electrons. The first kappa shape index (κ1) is 19.0. The van der Waals surface area contributed by atoms with Gasteiger partial charge in [-0.2, -0.15) is 0 Å². The third kappa shape index (κ3) is 6.98. The van der Waals surface area contributed by atoms with Crippen LogP contribution in [0.25, 0.3) is 0 Å². The minimum absolute atomic E-state index is 0.124. The van der Waals surface area contributed by atoms with E-state index < -0.39 is 0 Å². The van der Waals surface area contributed by atoms with Gasteiger partial charge in [-0.15, -0.1) is 0 Å². The second-order valence-corrected chi connectivity index (χ2v) is 6.16. The Morgan fingerprint density at radius 3 is 2.44 bits per heavy atom. The zero-order valence-electron chi connectivity index (χ0n) is 15.1. The van der Waals surface area contributed by atoms with Crippen molar-refractivity contribution in [3.05, 3.63) is 71.3 Å². The number of rotatable bonds is 9. The predicted octanol–water partition coefficient (Wildman–Crippen LogP) is 4.04. The van der Waals surface area contributed by atoms with Crippen LogP contribution >= 0.6 is 0 Å². The number of carbonyl (C=O) groups is 1. The van der Waals surface area contributed by atoms with Crippen molar-refractivity contribution >= 4 is 6.03 Å². The third-order valence-corrected chi connectivity index (χ3v) is 4.11. The van der Waals surface area contributed by atoms with Gasteiger partial charge in [-0.25, -0.2) is 4.79 Å². The van der Waals surface area contributed by atoms with Crippen LogP contribution in [0.3, 0.4) is 0 Å². The average Bonchev–Trinajstić information content (AvgIpc) is 2.64. The molecular weight excluding hydrogens is 312 g/mol. The number of benzene rings is 2. The summed E-state index contributed by atoms with van der Waals surface area (Å²) >= 11 is 0. The second kappa shape index (κ2) is 10.5. The van der Waals surface area contributed by atoms with Crippen LogP contribution in [-0.4, -0.2) is 18.7 Å². The highest BCUT2D eigenvalue weighted by molar-refractivity contribution is 5.74. The maximum absolute atomic E-state index is 12.1. The van der Waals surface area contributed by atoms with Crippen molar-refractivity contribution < 1.29 is 9.53 Å². The molecule has 4 heteroatoms. The van der Waals surface area contributed by atoms with Crippen LogP contribution in [0, 0.1) is 0 Å². The van der Waals surface area contributed by atoms with Gasteiger partial charge in [0, 0.05) is 19.2 Å². The second-order valence-electron chi connectivity index (χ2n) is 6.16. The van der Waals surface area contributed by atoms with Crippen LogP contribution in [-0.2, 0) is 24.3 Å². The highest BCUT2D eigenvalue weighted by atomic mass is 16.5. The smallest absolute Gasteiger partial charge is 0.315 e. The molecule has 25 heavy (non-hydrogen) atoms. The van der Waals surface area contributed by atoms with Gasteiger partial charge in [0.15, 0.2) is 0 Å². The highest BCUT2D eigenvalue weighted by Crippen LogP contribution is 2.10. The normalized spacial score (nSPS) is 11.8. The van der Waals surface area contributed by atoms with E-state index in [-0.39, 0.29) is 12.1 Å². The highest BCUT2D eigenvalue weighted by Gasteiger charge is 2.08. The zero-order valence-corrected chi connectivity index (χ0v) is 15.1. The predicted molar refractivity (Wildman–Crippen MR) is 101 cm³/mol. The number of aryl methyl sites for hydroxylation is 1. The van der Waals surface area contributed by atoms with Crippen molar-refractivity contribution in [2.24, 2.45) is 0 Å². The van der Waals surface area contributed by atoms with Gasteiger partial charge < -0.3 is 15.4 Å². The summed E-state index contributed by atoms with van der Waals surface area (Å²) < 4.78 is 5.48. The minimum Gasteiger partial charge on any atom is -0.377 e. The lowest BCUT2D eigenvalue weighted by Crippen LogP contribution is -2.40. The fourth-order valence-electron chi connectivity index (χ4n) is 2.63. The lowest BCUT2D eigenvalue weighted by Gasteiger charge is -2.16. The molecule has 4 nitrogen and oxygen atoms in total. The molecule has 2 rings (SSSR count). The number of hydrogen-bond acceptors (Lipinski definition) is 2. The van der Waals surface area contributed by atoms with Crippen molar-refractivity contribution in [1.82, 2.24) is 10.6 Å². The first-order chi connectivity index (χ1) is 12.2. The van der Waals surface area contributed by atoms with E-state index in [9.17, 15) is 4.79 Å². The summed E-state index contributed by atoms with van der Waals surface area (Å²) in [6.07, 6.45) is 1.87. The number of nitrogens with one attached hydrogen (secondary N) is 2. The molecule has 0 aromatic heterocycles. The summed E-state index contributed by atoms with van der Waals surface area (Å²) in [5.41, 5.74) is 3.49. The lowest BCUT2D eigenvalue weighted by atomic mass is 10.1. The Hall–Kier alpha value is -2.33. The molecule has 2 amide bonds. The van der Waals surface area contributed by atoms with Crippen LogP contribution < -0.4 is 10.6 Å². The molecule has 0 aliphatic carbocycles. The lowest BCUT2D eigenvalue weighted by molar-refractivity contribution is 0.133. The zero-order chi connectivity index (χ0) is 17.9. The molecule has 2 aromatic carbocycles. The van der Waals surface area contributed by atoms with E-state index in [1.165, 1.54) is 5.56 Å². The van der Waals surface area contributed by atoms with Crippen LogP contribution in [0.5, 0.6) is 0 Å². The number of amides is 2. The Labute approximate surface area is 150 Å². The van der Waals surface area contributed by atoms with Gasteiger partial charge in [0.05, 0.1) is 6.61 Å². The van der Waals surface area contributed by atoms with Gasteiger partial charge >= 0.3 is 6.03 Å². The first-order valence-electron chi connectivity index (χ1n) is 8.92. The largest absolute Gasteiger partial charge is 0.377 e. The molecule has 2 aromatic rings. The molecule has 0 fully saturated rings. The SMILES string of the molecule is CCOCc1ccccc1CNC(=O)NC(C)CCc1ccccc1. The molecule has 0 spiro atoms. The Morgan fingerprint density at radius 2 is 1.72 bits per heavy atom. The number of urea groups is 1. The first-order valence-corrected chi connectivity index (χ1v) is 8.92. The fourth-order valence-corrected chi connectivity index (χ4v) is 2.63. The van der Waals surface area contributed by atoms with E-state index in [1.54, 1.807) is 0 Å². The summed E-state index contributed by atoms with van der Waals surface area (Å²) in [5.74, 6) is 0. The van der Waals surface area contributed by atoms with Crippen LogP contribution in [0.15, 0.2) is 54.6 Å². The molecule has 0 saturated carbocycles. The Kier molecular flexibility index (Phi) is 7.99. The van der Waals surface area contributed by atoms with Crippen molar-refractivity contribution in [2.75, 3.05) is 6.61 Å². The van der Waals surface area contributed by atoms with Crippen LogP contribution in [0.2, 0.25) is 0 Å². The molecule has 0 aliphatic heterocycles. The topological polar surface area (TPSA) is 50.4 Å². The molecule has 0 radical (unpaired) electrons. The average molecular weight is 340 g/mol.